The van der Waals surface area contributed by atoms with Crippen molar-refractivity contribution < 1.29 is 13.5 Å². The summed E-state index contributed by atoms with van der Waals surface area (Å²) in [4.78, 5) is 0.651. The van der Waals surface area contributed by atoms with Crippen molar-refractivity contribution in [3.8, 4) is 5.75 Å². The number of methoxy groups -OCH3 is 1. The minimum absolute atomic E-state index is 0.0406. The Balaban J connectivity index is 2.45. The Bertz CT molecular complexity index is 573. The molecule has 18 heavy (non-hydrogen) atoms. The fourth-order valence-corrected chi connectivity index (χ4v) is 2.70. The van der Waals surface area contributed by atoms with Crippen LogP contribution in [0, 0.1) is 11.6 Å². The van der Waals surface area contributed by atoms with Crippen molar-refractivity contribution in [1.29, 1.82) is 0 Å². The first-order valence-electron chi connectivity index (χ1n) is 5.06. The van der Waals surface area contributed by atoms with Gasteiger partial charge < -0.3 is 10.5 Å². The molecular weight excluding hydrogens is 280 g/mol. The van der Waals surface area contributed by atoms with E-state index in [1.807, 2.05) is 0 Å². The maximum atomic E-state index is 13.7. The minimum atomic E-state index is -1.01. The standard InChI is InChI=1S/C12H10ClF2NOS/c1-17-6-4-9(18-5-6)12(16)10-7(13)2-3-8(14)11(10)15/h2-5,12H,16H2,1H3. The van der Waals surface area contributed by atoms with Gasteiger partial charge in [0.1, 0.15) is 5.75 Å². The fourth-order valence-electron chi connectivity index (χ4n) is 1.57. The third-order valence-corrected chi connectivity index (χ3v) is 3.85. The van der Waals surface area contributed by atoms with E-state index in [1.165, 1.54) is 24.5 Å². The molecule has 0 spiro atoms. The van der Waals surface area contributed by atoms with Gasteiger partial charge in [-0.2, -0.15) is 0 Å². The molecule has 0 aliphatic carbocycles. The molecule has 2 nitrogen and oxygen atoms in total. The summed E-state index contributed by atoms with van der Waals surface area (Å²) in [7, 11) is 1.52. The molecule has 1 unspecified atom stereocenters. The van der Waals surface area contributed by atoms with E-state index in [4.69, 9.17) is 22.1 Å². The molecule has 0 radical (unpaired) electrons. The molecule has 1 heterocycles. The van der Waals surface area contributed by atoms with Gasteiger partial charge in [-0.1, -0.05) is 11.6 Å². The highest BCUT2D eigenvalue weighted by molar-refractivity contribution is 7.10. The second-order valence-corrected chi connectivity index (χ2v) is 4.97. The van der Waals surface area contributed by atoms with E-state index in [0.717, 1.165) is 6.07 Å². The molecule has 2 rings (SSSR count). The van der Waals surface area contributed by atoms with Crippen LogP contribution in [0.4, 0.5) is 8.78 Å². The predicted molar refractivity (Wildman–Crippen MR) is 68.3 cm³/mol. The Morgan fingerprint density at radius 1 is 1.39 bits per heavy atom. The van der Waals surface area contributed by atoms with Crippen molar-refractivity contribution in [3.63, 3.8) is 0 Å². The van der Waals surface area contributed by atoms with E-state index in [9.17, 15) is 8.78 Å². The van der Waals surface area contributed by atoms with Crippen LogP contribution in [0.2, 0.25) is 5.02 Å². The van der Waals surface area contributed by atoms with E-state index in [1.54, 1.807) is 11.4 Å². The zero-order chi connectivity index (χ0) is 13.3. The average molecular weight is 290 g/mol. The summed E-state index contributed by atoms with van der Waals surface area (Å²) in [5.74, 6) is -1.35. The molecule has 2 N–H and O–H groups in total. The van der Waals surface area contributed by atoms with Crippen molar-refractivity contribution >= 4 is 22.9 Å². The van der Waals surface area contributed by atoms with Gasteiger partial charge in [0.05, 0.1) is 13.2 Å². The molecule has 0 bridgehead atoms. The highest BCUT2D eigenvalue weighted by atomic mass is 35.5. The maximum absolute atomic E-state index is 13.7. The van der Waals surface area contributed by atoms with Gasteiger partial charge in [-0.3, -0.25) is 0 Å². The SMILES string of the molecule is COc1csc(C(N)c2c(Cl)ccc(F)c2F)c1. The monoisotopic (exact) mass is 289 g/mol. The summed E-state index contributed by atoms with van der Waals surface area (Å²) in [6, 6.07) is 3.13. The largest absolute Gasteiger partial charge is 0.496 e. The first kappa shape index (κ1) is 13.3. The molecular formula is C12H10ClF2NOS. The van der Waals surface area contributed by atoms with Gasteiger partial charge in [-0.25, -0.2) is 8.78 Å². The second kappa shape index (κ2) is 5.22. The Labute approximate surface area is 112 Å². The zero-order valence-electron chi connectivity index (χ0n) is 9.41. The van der Waals surface area contributed by atoms with E-state index in [0.29, 0.717) is 10.6 Å². The number of nitrogens with two attached hydrogens (primary N) is 1. The van der Waals surface area contributed by atoms with Crippen molar-refractivity contribution in [2.45, 2.75) is 6.04 Å². The average Bonchev–Trinajstić information content (AvgIpc) is 2.83. The lowest BCUT2D eigenvalue weighted by atomic mass is 10.1. The molecule has 0 amide bonds. The summed E-state index contributed by atoms with van der Waals surface area (Å²) in [5.41, 5.74) is 5.88. The minimum Gasteiger partial charge on any atom is -0.496 e. The van der Waals surface area contributed by atoms with E-state index >= 15 is 0 Å². The Hall–Kier alpha value is -1.17. The van der Waals surface area contributed by atoms with Gasteiger partial charge in [-0.15, -0.1) is 11.3 Å². The molecule has 0 aliphatic heterocycles. The number of thiophene rings is 1. The zero-order valence-corrected chi connectivity index (χ0v) is 11.0. The van der Waals surface area contributed by atoms with Gasteiger partial charge >= 0.3 is 0 Å². The van der Waals surface area contributed by atoms with Gasteiger partial charge in [0, 0.05) is 20.8 Å². The van der Waals surface area contributed by atoms with E-state index in [2.05, 4.69) is 0 Å². The summed E-state index contributed by atoms with van der Waals surface area (Å²) in [5, 5.41) is 1.84. The van der Waals surface area contributed by atoms with Gasteiger partial charge in [0.25, 0.3) is 0 Å². The summed E-state index contributed by atoms with van der Waals surface area (Å²) >= 11 is 7.18. The van der Waals surface area contributed by atoms with Crippen molar-refractivity contribution in [3.05, 3.63) is 50.7 Å². The molecule has 1 aromatic carbocycles. The molecule has 0 aliphatic rings. The van der Waals surface area contributed by atoms with Crippen LogP contribution in [0.5, 0.6) is 5.75 Å². The Kier molecular flexibility index (Phi) is 3.85. The van der Waals surface area contributed by atoms with Crippen LogP contribution in [0.25, 0.3) is 0 Å². The maximum Gasteiger partial charge on any atom is 0.165 e. The lowest BCUT2D eigenvalue weighted by Crippen LogP contribution is -2.13. The molecule has 0 fully saturated rings. The lowest BCUT2D eigenvalue weighted by Gasteiger charge is -2.13. The van der Waals surface area contributed by atoms with Crippen LogP contribution in [0.1, 0.15) is 16.5 Å². The summed E-state index contributed by atoms with van der Waals surface area (Å²) < 4.78 is 31.9. The number of hydrogen-bond donors (Lipinski definition) is 1. The van der Waals surface area contributed by atoms with Crippen molar-refractivity contribution in [2.24, 2.45) is 5.73 Å². The normalized spacial score (nSPS) is 12.5. The quantitative estimate of drug-likeness (QED) is 0.874. The number of ether oxygens (including phenoxy) is 1. The van der Waals surface area contributed by atoms with Crippen LogP contribution in [-0.2, 0) is 0 Å². The third-order valence-electron chi connectivity index (χ3n) is 2.53. The highest BCUT2D eigenvalue weighted by Crippen LogP contribution is 2.34. The number of hydrogen-bond acceptors (Lipinski definition) is 3. The van der Waals surface area contributed by atoms with Crippen molar-refractivity contribution in [1.82, 2.24) is 0 Å². The van der Waals surface area contributed by atoms with Gasteiger partial charge in [0.2, 0.25) is 0 Å². The second-order valence-electron chi connectivity index (χ2n) is 3.62. The molecule has 1 aromatic heterocycles. The topological polar surface area (TPSA) is 35.2 Å². The van der Waals surface area contributed by atoms with Crippen LogP contribution in [0.3, 0.4) is 0 Å². The van der Waals surface area contributed by atoms with Gasteiger partial charge in [0.15, 0.2) is 11.6 Å². The number of benzene rings is 1. The van der Waals surface area contributed by atoms with Crippen molar-refractivity contribution in [2.75, 3.05) is 7.11 Å². The molecule has 96 valence electrons. The van der Waals surface area contributed by atoms with Crippen LogP contribution < -0.4 is 10.5 Å². The summed E-state index contributed by atoms with van der Waals surface area (Å²) in [6.07, 6.45) is 0. The predicted octanol–water partition coefficient (Wildman–Crippen LogP) is 3.74. The van der Waals surface area contributed by atoms with Crippen LogP contribution >= 0.6 is 22.9 Å². The van der Waals surface area contributed by atoms with Gasteiger partial charge in [-0.05, 0) is 18.2 Å². The Morgan fingerprint density at radius 2 is 2.11 bits per heavy atom. The summed E-state index contributed by atoms with van der Waals surface area (Å²) in [6.45, 7) is 0. The van der Waals surface area contributed by atoms with E-state index < -0.39 is 17.7 Å². The first-order chi connectivity index (χ1) is 8.54. The smallest absolute Gasteiger partial charge is 0.165 e. The van der Waals surface area contributed by atoms with Crippen LogP contribution in [-0.4, -0.2) is 7.11 Å². The number of halogens is 3. The molecule has 2 aromatic rings. The number of rotatable bonds is 3. The Morgan fingerprint density at radius 3 is 2.72 bits per heavy atom. The van der Waals surface area contributed by atoms with Crippen LogP contribution in [0.15, 0.2) is 23.6 Å². The third kappa shape index (κ3) is 2.34. The molecule has 0 saturated heterocycles. The van der Waals surface area contributed by atoms with E-state index in [-0.39, 0.29) is 10.6 Å². The molecule has 1 atom stereocenters. The lowest BCUT2D eigenvalue weighted by molar-refractivity contribution is 0.416. The first-order valence-corrected chi connectivity index (χ1v) is 6.31. The highest BCUT2D eigenvalue weighted by Gasteiger charge is 2.21. The molecule has 6 heteroatoms. The fraction of sp³-hybridized carbons (Fsp3) is 0.167. The molecule has 0 saturated carbocycles.